The summed E-state index contributed by atoms with van der Waals surface area (Å²) in [5.41, 5.74) is 11.7. The predicted molar refractivity (Wildman–Crippen MR) is 237 cm³/mol. The fourth-order valence-electron chi connectivity index (χ4n) is 8.57. The maximum absolute atomic E-state index is 2.46. The van der Waals surface area contributed by atoms with Gasteiger partial charge in [0, 0.05) is 47.9 Å². The van der Waals surface area contributed by atoms with Crippen molar-refractivity contribution < 1.29 is 0 Å². The van der Waals surface area contributed by atoms with Crippen LogP contribution in [0.2, 0.25) is 0 Å². The molecule has 0 saturated carbocycles. The monoisotopic (exact) mass is 718 g/mol. The molecule has 0 aliphatic heterocycles. The fraction of sp³-hybridized carbons (Fsp3) is 0. The summed E-state index contributed by atoms with van der Waals surface area (Å²) in [7, 11) is 0. The molecule has 0 radical (unpaired) electrons. The molecule has 55 heavy (non-hydrogen) atoms. The summed E-state index contributed by atoms with van der Waals surface area (Å²) < 4.78 is 5.04. The number of hydrogen-bond acceptors (Lipinski definition) is 2. The lowest BCUT2D eigenvalue weighted by Crippen LogP contribution is -2.11. The minimum atomic E-state index is 1.10. The van der Waals surface area contributed by atoms with Gasteiger partial charge in [-0.2, -0.15) is 0 Å². The number of thiophene rings is 1. The topological polar surface area (TPSA) is 8.17 Å². The average Bonchev–Trinajstić information content (AvgIpc) is 3.82. The molecule has 11 aromatic rings. The smallest absolute Gasteiger partial charge is 0.0562 e. The van der Waals surface area contributed by atoms with Crippen molar-refractivity contribution in [2.24, 2.45) is 0 Å². The van der Waals surface area contributed by atoms with Gasteiger partial charge in [-0.3, -0.25) is 0 Å². The molecule has 0 saturated heterocycles. The highest BCUT2D eigenvalue weighted by Gasteiger charge is 2.23. The molecule has 2 heterocycles. The minimum absolute atomic E-state index is 1.10. The third-order valence-corrected chi connectivity index (χ3v) is 12.2. The van der Waals surface area contributed by atoms with Crippen molar-refractivity contribution in [2.45, 2.75) is 0 Å². The van der Waals surface area contributed by atoms with Crippen LogP contribution in [0.4, 0.5) is 17.1 Å². The zero-order chi connectivity index (χ0) is 36.3. The van der Waals surface area contributed by atoms with Crippen molar-refractivity contribution >= 4 is 81.1 Å². The Balaban J connectivity index is 1.14. The Morgan fingerprint density at radius 3 is 1.85 bits per heavy atom. The number of anilines is 3. The first kappa shape index (κ1) is 31.6. The van der Waals surface area contributed by atoms with E-state index in [4.69, 9.17) is 0 Å². The molecular weight excluding hydrogens is 685 g/mol. The molecule has 0 unspecified atom stereocenters. The van der Waals surface area contributed by atoms with Crippen LogP contribution in [0.1, 0.15) is 0 Å². The summed E-state index contributed by atoms with van der Waals surface area (Å²) in [6.45, 7) is 0. The molecule has 0 N–H and O–H groups in total. The average molecular weight is 719 g/mol. The van der Waals surface area contributed by atoms with Crippen molar-refractivity contribution in [1.82, 2.24) is 4.57 Å². The van der Waals surface area contributed by atoms with Crippen molar-refractivity contribution in [3.8, 4) is 27.9 Å². The van der Waals surface area contributed by atoms with Crippen LogP contribution in [-0.2, 0) is 0 Å². The van der Waals surface area contributed by atoms with E-state index in [1.54, 1.807) is 0 Å². The molecule has 9 aromatic carbocycles. The summed E-state index contributed by atoms with van der Waals surface area (Å²) in [5.74, 6) is 0. The zero-order valence-electron chi connectivity index (χ0n) is 29.9. The van der Waals surface area contributed by atoms with Gasteiger partial charge in [-0.15, -0.1) is 11.3 Å². The van der Waals surface area contributed by atoms with Gasteiger partial charge in [0.2, 0.25) is 0 Å². The largest absolute Gasteiger partial charge is 0.309 e. The minimum Gasteiger partial charge on any atom is -0.309 e. The third kappa shape index (κ3) is 5.09. The van der Waals surface area contributed by atoms with Crippen molar-refractivity contribution in [3.63, 3.8) is 0 Å². The van der Waals surface area contributed by atoms with Gasteiger partial charge >= 0.3 is 0 Å². The summed E-state index contributed by atoms with van der Waals surface area (Å²) >= 11 is 1.89. The van der Waals surface area contributed by atoms with Crippen LogP contribution in [0, 0.1) is 0 Å². The standard InChI is InChI=1S/C52H34N2S/c1-3-15-35(16-4-1)40-20-9-11-25-45(40)54(48-28-14-27-47-51(48)43-22-10-12-26-46(43)53(47)38-18-5-2-6-19-38)39-32-29-37(30-33-39)42-23-13-24-44-50-41-21-8-7-17-36(41)31-34-49(50)55-52(42)44/h1-34H. The van der Waals surface area contributed by atoms with Gasteiger partial charge in [0.15, 0.2) is 0 Å². The van der Waals surface area contributed by atoms with Gasteiger partial charge in [-0.05, 0) is 82.1 Å². The van der Waals surface area contributed by atoms with E-state index >= 15 is 0 Å². The number of benzene rings is 9. The highest BCUT2D eigenvalue weighted by atomic mass is 32.1. The second-order valence-corrected chi connectivity index (χ2v) is 15.1. The van der Waals surface area contributed by atoms with Gasteiger partial charge in [0.25, 0.3) is 0 Å². The maximum atomic E-state index is 2.46. The van der Waals surface area contributed by atoms with E-state index in [0.29, 0.717) is 0 Å². The lowest BCUT2D eigenvalue weighted by molar-refractivity contribution is 1.18. The molecule has 0 fully saturated rings. The van der Waals surface area contributed by atoms with Gasteiger partial charge < -0.3 is 9.47 Å². The first-order chi connectivity index (χ1) is 27.3. The molecule has 0 amide bonds. The van der Waals surface area contributed by atoms with Crippen LogP contribution in [-0.4, -0.2) is 4.57 Å². The van der Waals surface area contributed by atoms with Crippen molar-refractivity contribution in [3.05, 3.63) is 206 Å². The van der Waals surface area contributed by atoms with E-state index in [1.165, 1.54) is 75.0 Å². The number of fused-ring (bicyclic) bond motifs is 8. The van der Waals surface area contributed by atoms with Crippen LogP contribution in [0.15, 0.2) is 206 Å². The Morgan fingerprint density at radius 2 is 1.00 bits per heavy atom. The van der Waals surface area contributed by atoms with E-state index in [9.17, 15) is 0 Å². The Hall–Kier alpha value is -6.94. The molecule has 0 spiro atoms. The number of hydrogen-bond donors (Lipinski definition) is 0. The molecule has 258 valence electrons. The number of para-hydroxylation sites is 3. The zero-order valence-corrected chi connectivity index (χ0v) is 30.7. The van der Waals surface area contributed by atoms with E-state index in [0.717, 1.165) is 22.7 Å². The Bertz CT molecular complexity index is 3190. The normalized spacial score (nSPS) is 11.6. The van der Waals surface area contributed by atoms with Crippen molar-refractivity contribution in [2.75, 3.05) is 4.90 Å². The summed E-state index contributed by atoms with van der Waals surface area (Å²) in [6.07, 6.45) is 0. The van der Waals surface area contributed by atoms with Crippen LogP contribution >= 0.6 is 11.3 Å². The Labute approximate surface area is 323 Å². The van der Waals surface area contributed by atoms with E-state index < -0.39 is 0 Å². The van der Waals surface area contributed by atoms with Crippen LogP contribution in [0.25, 0.3) is 80.7 Å². The van der Waals surface area contributed by atoms with Gasteiger partial charge in [-0.1, -0.05) is 152 Å². The first-order valence-electron chi connectivity index (χ1n) is 18.8. The lowest BCUT2D eigenvalue weighted by atomic mass is 9.99. The lowest BCUT2D eigenvalue weighted by Gasteiger charge is -2.29. The van der Waals surface area contributed by atoms with E-state index in [2.05, 4.69) is 216 Å². The second kappa shape index (κ2) is 12.9. The van der Waals surface area contributed by atoms with Gasteiger partial charge in [0.1, 0.15) is 0 Å². The first-order valence-corrected chi connectivity index (χ1v) is 19.6. The molecular formula is C52H34N2S. The fourth-order valence-corrected chi connectivity index (χ4v) is 9.82. The number of nitrogens with zero attached hydrogens (tertiary/aromatic N) is 2. The molecule has 2 nitrogen and oxygen atoms in total. The molecule has 0 bridgehead atoms. The molecule has 11 rings (SSSR count). The summed E-state index contributed by atoms with van der Waals surface area (Å²) in [4.78, 5) is 2.46. The highest BCUT2D eigenvalue weighted by molar-refractivity contribution is 7.26. The number of rotatable bonds is 6. The van der Waals surface area contributed by atoms with Crippen LogP contribution in [0.3, 0.4) is 0 Å². The molecule has 2 aromatic heterocycles. The Kier molecular flexibility index (Phi) is 7.39. The maximum Gasteiger partial charge on any atom is 0.0562 e. The molecule has 3 heteroatoms. The highest BCUT2D eigenvalue weighted by Crippen LogP contribution is 2.48. The molecule has 0 aliphatic rings. The summed E-state index contributed by atoms with van der Waals surface area (Å²) in [5, 5.41) is 7.70. The number of aromatic nitrogens is 1. The summed E-state index contributed by atoms with van der Waals surface area (Å²) in [6, 6.07) is 75.0. The molecule has 0 atom stereocenters. The predicted octanol–water partition coefficient (Wildman–Crippen LogP) is 15.1. The van der Waals surface area contributed by atoms with Crippen LogP contribution < -0.4 is 4.90 Å². The molecule has 0 aliphatic carbocycles. The third-order valence-electron chi connectivity index (χ3n) is 11.0. The van der Waals surface area contributed by atoms with Crippen molar-refractivity contribution in [1.29, 1.82) is 0 Å². The second-order valence-electron chi connectivity index (χ2n) is 14.1. The van der Waals surface area contributed by atoms with Gasteiger partial charge in [-0.25, -0.2) is 0 Å². The SMILES string of the molecule is c1ccc(-c2ccccc2N(c2ccc(-c3cccc4c3sc3ccc5ccccc5c34)cc2)c2cccc3c2c2ccccc2n3-c2ccccc2)cc1. The Morgan fingerprint density at radius 1 is 0.382 bits per heavy atom. The van der Waals surface area contributed by atoms with Gasteiger partial charge in [0.05, 0.1) is 22.4 Å². The quantitative estimate of drug-likeness (QED) is 0.166. The van der Waals surface area contributed by atoms with Crippen LogP contribution in [0.5, 0.6) is 0 Å². The van der Waals surface area contributed by atoms with E-state index in [-0.39, 0.29) is 0 Å². The van der Waals surface area contributed by atoms with E-state index in [1.807, 2.05) is 11.3 Å².